The molecule has 0 spiro atoms. The Balaban J connectivity index is 1.88. The number of rotatable bonds is 4. The highest BCUT2D eigenvalue weighted by Gasteiger charge is 2.16. The van der Waals surface area contributed by atoms with Crippen LogP contribution in [0.3, 0.4) is 0 Å². The lowest BCUT2D eigenvalue weighted by Crippen LogP contribution is -2.22. The number of hydrogen-bond donors (Lipinski definition) is 0. The average Bonchev–Trinajstić information content (AvgIpc) is 2.89. The zero-order chi connectivity index (χ0) is 13.0. The summed E-state index contributed by atoms with van der Waals surface area (Å²) in [6.07, 6.45) is 1.07. The van der Waals surface area contributed by atoms with Crippen LogP contribution < -0.4 is 9.64 Å². The first-order chi connectivity index (χ1) is 8.66. The fourth-order valence-corrected chi connectivity index (χ4v) is 1.88. The van der Waals surface area contributed by atoms with Crippen molar-refractivity contribution < 1.29 is 14.3 Å². The maximum Gasteiger partial charge on any atom is 0.223 e. The molecule has 2 rings (SSSR count). The van der Waals surface area contributed by atoms with Gasteiger partial charge in [-0.15, -0.1) is 0 Å². The fraction of sp³-hybridized carbons (Fsp3) is 0.500. The molecule has 1 heterocycles. The molecule has 0 N–H and O–H groups in total. The van der Waals surface area contributed by atoms with Gasteiger partial charge < -0.3 is 14.4 Å². The van der Waals surface area contributed by atoms with Crippen molar-refractivity contribution in [2.75, 3.05) is 31.8 Å². The maximum absolute atomic E-state index is 11.2. The highest BCUT2D eigenvalue weighted by molar-refractivity contribution is 5.90. The van der Waals surface area contributed by atoms with Gasteiger partial charge >= 0.3 is 0 Å². The molecule has 1 amide bonds. The molecule has 0 bridgehead atoms. The molecular weight excluding hydrogens is 230 g/mol. The van der Waals surface area contributed by atoms with Crippen LogP contribution in [-0.4, -0.2) is 32.8 Å². The van der Waals surface area contributed by atoms with Gasteiger partial charge in [-0.1, -0.05) is 0 Å². The molecule has 98 valence electrons. The summed E-state index contributed by atoms with van der Waals surface area (Å²) in [5, 5.41) is 0. The Bertz CT molecular complexity index is 396. The molecular formula is C14H19NO3. The van der Waals surface area contributed by atoms with Gasteiger partial charge in [0.2, 0.25) is 5.91 Å². The van der Waals surface area contributed by atoms with E-state index in [-0.39, 0.29) is 5.91 Å². The number of carbonyl (C=O) groups is 1. The molecule has 0 radical (unpaired) electrons. The van der Waals surface area contributed by atoms with Crippen molar-refractivity contribution in [3.05, 3.63) is 24.3 Å². The Morgan fingerprint density at radius 2 is 2.17 bits per heavy atom. The smallest absolute Gasteiger partial charge is 0.223 e. The van der Waals surface area contributed by atoms with Crippen LogP contribution in [0.2, 0.25) is 0 Å². The van der Waals surface area contributed by atoms with Crippen molar-refractivity contribution in [1.29, 1.82) is 0 Å². The monoisotopic (exact) mass is 249 g/mol. The standard InChI is InChI=1S/C14H19NO3/c1-11(16)15(2)13-3-5-14(6-4-13)18-10-12-7-8-17-9-12/h3-6,12H,7-10H2,1-2H3/t12-/m1/s1. The van der Waals surface area contributed by atoms with Crippen LogP contribution in [0.5, 0.6) is 5.75 Å². The van der Waals surface area contributed by atoms with Gasteiger partial charge in [0.15, 0.2) is 0 Å². The molecule has 0 aliphatic carbocycles. The Kier molecular flexibility index (Phi) is 4.20. The van der Waals surface area contributed by atoms with Gasteiger partial charge in [-0.05, 0) is 30.7 Å². The number of benzene rings is 1. The number of amides is 1. The third-order valence-corrected chi connectivity index (χ3v) is 3.21. The first-order valence-corrected chi connectivity index (χ1v) is 6.21. The van der Waals surface area contributed by atoms with E-state index in [1.54, 1.807) is 18.9 Å². The summed E-state index contributed by atoms with van der Waals surface area (Å²) < 4.78 is 11.0. The molecule has 0 saturated carbocycles. The first-order valence-electron chi connectivity index (χ1n) is 6.21. The van der Waals surface area contributed by atoms with Gasteiger partial charge in [0.05, 0.1) is 13.2 Å². The van der Waals surface area contributed by atoms with Crippen molar-refractivity contribution in [2.45, 2.75) is 13.3 Å². The van der Waals surface area contributed by atoms with E-state index >= 15 is 0 Å². The summed E-state index contributed by atoms with van der Waals surface area (Å²) in [5.74, 6) is 1.36. The summed E-state index contributed by atoms with van der Waals surface area (Å²) in [4.78, 5) is 12.8. The lowest BCUT2D eigenvalue weighted by Gasteiger charge is -2.16. The molecule has 18 heavy (non-hydrogen) atoms. The third kappa shape index (κ3) is 3.23. The number of anilines is 1. The number of nitrogens with zero attached hydrogens (tertiary/aromatic N) is 1. The van der Waals surface area contributed by atoms with Crippen molar-refractivity contribution in [1.82, 2.24) is 0 Å². The summed E-state index contributed by atoms with van der Waals surface area (Å²) in [6, 6.07) is 7.57. The predicted molar refractivity (Wildman–Crippen MR) is 69.9 cm³/mol. The zero-order valence-corrected chi connectivity index (χ0v) is 10.9. The summed E-state index contributed by atoms with van der Waals surface area (Å²) >= 11 is 0. The first kappa shape index (κ1) is 12.9. The quantitative estimate of drug-likeness (QED) is 0.820. The van der Waals surface area contributed by atoms with Crippen LogP contribution in [0.1, 0.15) is 13.3 Å². The van der Waals surface area contributed by atoms with Gasteiger partial charge in [-0.2, -0.15) is 0 Å². The van der Waals surface area contributed by atoms with Crippen LogP contribution in [-0.2, 0) is 9.53 Å². The van der Waals surface area contributed by atoms with Crippen LogP contribution in [0.25, 0.3) is 0 Å². The zero-order valence-electron chi connectivity index (χ0n) is 10.9. The van der Waals surface area contributed by atoms with Crippen LogP contribution in [0.4, 0.5) is 5.69 Å². The largest absolute Gasteiger partial charge is 0.493 e. The molecule has 0 aromatic heterocycles. The van der Waals surface area contributed by atoms with E-state index in [0.717, 1.165) is 31.1 Å². The number of ether oxygens (including phenoxy) is 2. The molecule has 1 aromatic rings. The second kappa shape index (κ2) is 5.87. The van der Waals surface area contributed by atoms with E-state index in [1.165, 1.54) is 0 Å². The minimum Gasteiger partial charge on any atom is -0.493 e. The number of hydrogen-bond acceptors (Lipinski definition) is 3. The van der Waals surface area contributed by atoms with E-state index in [4.69, 9.17) is 9.47 Å². The molecule has 1 saturated heterocycles. The molecule has 0 unspecified atom stereocenters. The normalized spacial score (nSPS) is 18.7. The molecule has 4 nitrogen and oxygen atoms in total. The maximum atomic E-state index is 11.2. The lowest BCUT2D eigenvalue weighted by atomic mass is 10.1. The molecule has 1 fully saturated rings. The van der Waals surface area contributed by atoms with Crippen molar-refractivity contribution >= 4 is 11.6 Å². The van der Waals surface area contributed by atoms with E-state index in [2.05, 4.69) is 0 Å². The summed E-state index contributed by atoms with van der Waals surface area (Å²) in [6.45, 7) is 3.88. The van der Waals surface area contributed by atoms with Gasteiger partial charge in [0.1, 0.15) is 5.75 Å². The van der Waals surface area contributed by atoms with E-state index in [9.17, 15) is 4.79 Å². The molecule has 1 aromatic carbocycles. The van der Waals surface area contributed by atoms with E-state index in [0.29, 0.717) is 12.5 Å². The average molecular weight is 249 g/mol. The molecule has 4 heteroatoms. The van der Waals surface area contributed by atoms with E-state index < -0.39 is 0 Å². The van der Waals surface area contributed by atoms with Crippen molar-refractivity contribution in [2.24, 2.45) is 5.92 Å². The molecule has 1 atom stereocenters. The topological polar surface area (TPSA) is 38.8 Å². The second-order valence-electron chi connectivity index (χ2n) is 4.61. The Morgan fingerprint density at radius 1 is 1.44 bits per heavy atom. The van der Waals surface area contributed by atoms with Gasteiger partial charge in [-0.3, -0.25) is 4.79 Å². The summed E-state index contributed by atoms with van der Waals surface area (Å²) in [7, 11) is 1.76. The predicted octanol–water partition coefficient (Wildman–Crippen LogP) is 2.08. The third-order valence-electron chi connectivity index (χ3n) is 3.21. The SMILES string of the molecule is CC(=O)N(C)c1ccc(OC[C@@H]2CCOC2)cc1. The number of carbonyl (C=O) groups excluding carboxylic acids is 1. The Labute approximate surface area is 107 Å². The van der Waals surface area contributed by atoms with Gasteiger partial charge in [0.25, 0.3) is 0 Å². The van der Waals surface area contributed by atoms with Gasteiger partial charge in [0, 0.05) is 32.2 Å². The molecule has 1 aliphatic rings. The van der Waals surface area contributed by atoms with Crippen molar-refractivity contribution in [3.8, 4) is 5.75 Å². The lowest BCUT2D eigenvalue weighted by molar-refractivity contribution is -0.116. The molecule has 1 aliphatic heterocycles. The van der Waals surface area contributed by atoms with E-state index in [1.807, 2.05) is 24.3 Å². The fourth-order valence-electron chi connectivity index (χ4n) is 1.88. The Hall–Kier alpha value is -1.55. The second-order valence-corrected chi connectivity index (χ2v) is 4.61. The van der Waals surface area contributed by atoms with Crippen LogP contribution in [0.15, 0.2) is 24.3 Å². The van der Waals surface area contributed by atoms with Crippen LogP contribution >= 0.6 is 0 Å². The van der Waals surface area contributed by atoms with Gasteiger partial charge in [-0.25, -0.2) is 0 Å². The van der Waals surface area contributed by atoms with Crippen molar-refractivity contribution in [3.63, 3.8) is 0 Å². The summed E-state index contributed by atoms with van der Waals surface area (Å²) in [5.41, 5.74) is 0.874. The van der Waals surface area contributed by atoms with Crippen LogP contribution in [0, 0.1) is 5.92 Å². The minimum atomic E-state index is 0.0202. The highest BCUT2D eigenvalue weighted by Crippen LogP contribution is 2.20. The minimum absolute atomic E-state index is 0.0202. The highest BCUT2D eigenvalue weighted by atomic mass is 16.5. The Morgan fingerprint density at radius 3 is 2.72 bits per heavy atom.